The van der Waals surface area contributed by atoms with Gasteiger partial charge in [0.1, 0.15) is 0 Å². The molecule has 0 saturated heterocycles. The molecule has 0 radical (unpaired) electrons. The maximum Gasteiger partial charge on any atom is 0.225 e. The summed E-state index contributed by atoms with van der Waals surface area (Å²) in [4.78, 5) is 11.4. The van der Waals surface area contributed by atoms with Gasteiger partial charge in [0.15, 0.2) is 0 Å². The van der Waals surface area contributed by atoms with Crippen molar-refractivity contribution in [3.8, 4) is 0 Å². The number of anilines is 1. The Balaban J connectivity index is 2.69. The molecule has 0 bridgehead atoms. The van der Waals surface area contributed by atoms with Gasteiger partial charge in [-0.1, -0.05) is 48.8 Å². The van der Waals surface area contributed by atoms with Crippen LogP contribution in [-0.4, -0.2) is 11.2 Å². The lowest BCUT2D eigenvalue weighted by Crippen LogP contribution is -2.13. The number of hydrogen-bond donors (Lipinski definition) is 1. The summed E-state index contributed by atoms with van der Waals surface area (Å²) in [6.07, 6.45) is 0.501. The van der Waals surface area contributed by atoms with Gasteiger partial charge in [0, 0.05) is 17.4 Å². The Morgan fingerprint density at radius 2 is 1.81 bits per heavy atom. The maximum absolute atomic E-state index is 11.4. The highest BCUT2D eigenvalue weighted by molar-refractivity contribution is 9.09. The van der Waals surface area contributed by atoms with E-state index in [1.54, 1.807) is 0 Å². The summed E-state index contributed by atoms with van der Waals surface area (Å²) in [7, 11) is 0. The van der Waals surface area contributed by atoms with Gasteiger partial charge in [0.25, 0.3) is 0 Å². The van der Waals surface area contributed by atoms with Gasteiger partial charge in [0.05, 0.1) is 0 Å². The molecule has 0 aliphatic heterocycles. The van der Waals surface area contributed by atoms with E-state index in [1.807, 2.05) is 12.1 Å². The molecule has 1 aromatic rings. The van der Waals surface area contributed by atoms with E-state index >= 15 is 0 Å². The first-order valence-electron chi connectivity index (χ1n) is 5.40. The Morgan fingerprint density at radius 1 is 1.25 bits per heavy atom. The quantitative estimate of drug-likeness (QED) is 0.842. The number of carbonyl (C=O) groups is 1. The van der Waals surface area contributed by atoms with Crippen molar-refractivity contribution in [3.05, 3.63) is 29.8 Å². The standard InChI is InChI=1S/C13H18BrNO/c1-13(2,3)10-4-6-11(7-5-10)15-12(16)8-9-14/h4-7H,8-9H2,1-3H3,(H,15,16). The van der Waals surface area contributed by atoms with Crippen molar-refractivity contribution in [1.82, 2.24) is 0 Å². The van der Waals surface area contributed by atoms with Crippen LogP contribution in [0.1, 0.15) is 32.8 Å². The Morgan fingerprint density at radius 3 is 2.25 bits per heavy atom. The van der Waals surface area contributed by atoms with Crippen molar-refractivity contribution in [2.75, 3.05) is 10.6 Å². The van der Waals surface area contributed by atoms with Gasteiger partial charge >= 0.3 is 0 Å². The Kier molecular flexibility index (Phi) is 4.54. The van der Waals surface area contributed by atoms with E-state index in [-0.39, 0.29) is 11.3 Å². The normalized spacial score (nSPS) is 11.2. The van der Waals surface area contributed by atoms with E-state index in [2.05, 4.69) is 54.2 Å². The molecule has 1 amide bonds. The van der Waals surface area contributed by atoms with Crippen LogP contribution in [0.2, 0.25) is 0 Å². The molecule has 1 aromatic carbocycles. The van der Waals surface area contributed by atoms with Crippen molar-refractivity contribution in [1.29, 1.82) is 0 Å². The minimum atomic E-state index is 0.0420. The van der Waals surface area contributed by atoms with Crippen molar-refractivity contribution in [3.63, 3.8) is 0 Å². The first-order chi connectivity index (χ1) is 7.43. The molecule has 2 nitrogen and oxygen atoms in total. The summed E-state index contributed by atoms with van der Waals surface area (Å²) in [5.74, 6) is 0.0420. The van der Waals surface area contributed by atoms with Gasteiger partial charge in [-0.2, -0.15) is 0 Å². The molecule has 0 heterocycles. The van der Waals surface area contributed by atoms with Gasteiger partial charge in [-0.05, 0) is 23.1 Å². The number of carbonyl (C=O) groups excluding carboxylic acids is 1. The lowest BCUT2D eigenvalue weighted by atomic mass is 9.87. The van der Waals surface area contributed by atoms with Crippen LogP contribution in [0.5, 0.6) is 0 Å². The molecule has 0 spiro atoms. The third-order valence-electron chi connectivity index (χ3n) is 2.36. The zero-order valence-corrected chi connectivity index (χ0v) is 11.6. The molecule has 0 aliphatic carbocycles. The molecule has 0 aliphatic rings. The first kappa shape index (κ1) is 13.2. The average molecular weight is 284 g/mol. The SMILES string of the molecule is CC(C)(C)c1ccc(NC(=O)CCBr)cc1. The molecule has 88 valence electrons. The summed E-state index contributed by atoms with van der Waals surface area (Å²) in [6, 6.07) is 8.02. The van der Waals surface area contributed by atoms with Crippen molar-refractivity contribution < 1.29 is 4.79 Å². The Labute approximate surface area is 106 Å². The zero-order chi connectivity index (χ0) is 12.2. The van der Waals surface area contributed by atoms with Crippen molar-refractivity contribution >= 4 is 27.5 Å². The van der Waals surface area contributed by atoms with Crippen LogP contribution in [0.25, 0.3) is 0 Å². The minimum Gasteiger partial charge on any atom is -0.326 e. The summed E-state index contributed by atoms with van der Waals surface area (Å²) < 4.78 is 0. The number of amides is 1. The van der Waals surface area contributed by atoms with E-state index in [4.69, 9.17) is 0 Å². The largest absolute Gasteiger partial charge is 0.326 e. The lowest BCUT2D eigenvalue weighted by Gasteiger charge is -2.19. The van der Waals surface area contributed by atoms with Gasteiger partial charge in [0.2, 0.25) is 5.91 Å². The third kappa shape index (κ3) is 3.97. The number of hydrogen-bond acceptors (Lipinski definition) is 1. The molecule has 1 N–H and O–H groups in total. The van der Waals surface area contributed by atoms with Crippen LogP contribution in [0, 0.1) is 0 Å². The number of halogens is 1. The van der Waals surface area contributed by atoms with E-state index < -0.39 is 0 Å². The smallest absolute Gasteiger partial charge is 0.225 e. The van der Waals surface area contributed by atoms with E-state index in [0.29, 0.717) is 11.8 Å². The second-order valence-corrected chi connectivity index (χ2v) is 5.61. The van der Waals surface area contributed by atoms with Gasteiger partial charge in [-0.15, -0.1) is 0 Å². The summed E-state index contributed by atoms with van der Waals surface area (Å²) in [5.41, 5.74) is 2.28. The predicted molar refractivity (Wildman–Crippen MR) is 72.2 cm³/mol. The van der Waals surface area contributed by atoms with E-state index in [1.165, 1.54) is 5.56 Å². The number of nitrogens with one attached hydrogen (secondary N) is 1. The van der Waals surface area contributed by atoms with Crippen LogP contribution >= 0.6 is 15.9 Å². The number of rotatable bonds is 3. The maximum atomic E-state index is 11.4. The molecule has 0 saturated carbocycles. The second kappa shape index (κ2) is 5.48. The van der Waals surface area contributed by atoms with Crippen LogP contribution in [0.4, 0.5) is 5.69 Å². The molecule has 0 aromatic heterocycles. The molecular formula is C13H18BrNO. The minimum absolute atomic E-state index is 0.0420. The third-order valence-corrected chi connectivity index (χ3v) is 2.75. The molecule has 0 unspecified atom stereocenters. The summed E-state index contributed by atoms with van der Waals surface area (Å²) in [5, 5.41) is 3.55. The average Bonchev–Trinajstić information content (AvgIpc) is 2.17. The molecule has 0 atom stereocenters. The fourth-order valence-corrected chi connectivity index (χ4v) is 1.72. The van der Waals surface area contributed by atoms with Crippen molar-refractivity contribution in [2.45, 2.75) is 32.6 Å². The fraction of sp³-hybridized carbons (Fsp3) is 0.462. The van der Waals surface area contributed by atoms with Crippen molar-refractivity contribution in [2.24, 2.45) is 0 Å². The van der Waals surface area contributed by atoms with Gasteiger partial charge in [-0.3, -0.25) is 4.79 Å². The highest BCUT2D eigenvalue weighted by atomic mass is 79.9. The fourth-order valence-electron chi connectivity index (χ4n) is 1.36. The van der Waals surface area contributed by atoms with Gasteiger partial charge < -0.3 is 5.32 Å². The molecule has 3 heteroatoms. The van der Waals surface area contributed by atoms with E-state index in [9.17, 15) is 4.79 Å². The highest BCUT2D eigenvalue weighted by Crippen LogP contribution is 2.23. The van der Waals surface area contributed by atoms with Crippen LogP contribution < -0.4 is 5.32 Å². The molecule has 16 heavy (non-hydrogen) atoms. The summed E-state index contributed by atoms with van der Waals surface area (Å²) in [6.45, 7) is 6.52. The summed E-state index contributed by atoms with van der Waals surface area (Å²) >= 11 is 3.24. The topological polar surface area (TPSA) is 29.1 Å². The lowest BCUT2D eigenvalue weighted by molar-refractivity contribution is -0.115. The highest BCUT2D eigenvalue weighted by Gasteiger charge is 2.12. The molecule has 0 fully saturated rings. The van der Waals surface area contributed by atoms with E-state index in [0.717, 1.165) is 5.69 Å². The Bertz CT molecular complexity index is 351. The molecule has 1 rings (SSSR count). The van der Waals surface area contributed by atoms with Crippen LogP contribution in [-0.2, 0) is 10.2 Å². The number of alkyl halides is 1. The van der Waals surface area contributed by atoms with Crippen LogP contribution in [0.3, 0.4) is 0 Å². The zero-order valence-electron chi connectivity index (χ0n) is 10.0. The molecular weight excluding hydrogens is 266 g/mol. The number of benzene rings is 1. The first-order valence-corrected chi connectivity index (χ1v) is 6.52. The monoisotopic (exact) mass is 283 g/mol. The van der Waals surface area contributed by atoms with Crippen LogP contribution in [0.15, 0.2) is 24.3 Å². The predicted octanol–water partition coefficient (Wildman–Crippen LogP) is 3.71. The van der Waals surface area contributed by atoms with Gasteiger partial charge in [-0.25, -0.2) is 0 Å². The second-order valence-electron chi connectivity index (χ2n) is 4.81. The Hall–Kier alpha value is -0.830.